The third-order valence-electron chi connectivity index (χ3n) is 8.64. The largest absolute Gasteiger partial charge is 0.497 e. The zero-order chi connectivity index (χ0) is 23.0. The van der Waals surface area contributed by atoms with E-state index in [1.807, 2.05) is 6.07 Å². The molecule has 1 saturated carbocycles. The molecule has 174 valence electrons. The van der Waals surface area contributed by atoms with Crippen molar-refractivity contribution in [3.05, 3.63) is 62.6 Å². The van der Waals surface area contributed by atoms with E-state index in [1.54, 1.807) is 13.2 Å². The number of ether oxygens (including phenoxy) is 2. The number of aromatic nitrogens is 1. The summed E-state index contributed by atoms with van der Waals surface area (Å²) in [6.07, 6.45) is 5.06. The maximum atomic E-state index is 12.7. The third kappa shape index (κ3) is 2.95. The summed E-state index contributed by atoms with van der Waals surface area (Å²) in [5.74, 6) is 0.863. The zero-order valence-electron chi connectivity index (χ0n) is 19.1. The number of carbonyl (C=O) groups is 1. The average molecular weight is 451 g/mol. The molecule has 33 heavy (non-hydrogen) atoms. The van der Waals surface area contributed by atoms with Gasteiger partial charge in [-0.2, -0.15) is 0 Å². The number of benzene rings is 1. The lowest BCUT2D eigenvalue weighted by atomic mass is 9.49. The number of nitrogens with one attached hydrogen (secondary N) is 1. The summed E-state index contributed by atoms with van der Waals surface area (Å²) < 4.78 is 10.4. The van der Waals surface area contributed by atoms with Crippen LogP contribution in [-0.4, -0.2) is 59.9 Å². The first-order valence-corrected chi connectivity index (χ1v) is 11.9. The number of rotatable bonds is 4. The Labute approximate surface area is 192 Å². The van der Waals surface area contributed by atoms with E-state index in [0.717, 1.165) is 54.4 Å². The molecule has 0 unspecified atom stereocenters. The number of fused-ring (bicyclic) bond motifs is 2. The summed E-state index contributed by atoms with van der Waals surface area (Å²) in [7, 11) is 2.94. The molecule has 1 saturated heterocycles. The lowest BCUT2D eigenvalue weighted by Crippen LogP contribution is -2.74. The summed E-state index contributed by atoms with van der Waals surface area (Å²) in [6.45, 7) is 1.96. The fourth-order valence-corrected chi connectivity index (χ4v) is 6.76. The van der Waals surface area contributed by atoms with Gasteiger partial charge in [0.2, 0.25) is 0 Å². The first-order chi connectivity index (χ1) is 15.9. The maximum Gasteiger partial charge on any atom is 0.343 e. The van der Waals surface area contributed by atoms with Gasteiger partial charge in [-0.25, -0.2) is 4.79 Å². The van der Waals surface area contributed by atoms with E-state index in [1.165, 1.54) is 25.5 Å². The monoisotopic (exact) mass is 450 g/mol. The van der Waals surface area contributed by atoms with E-state index in [9.17, 15) is 14.7 Å². The number of pyridine rings is 1. The van der Waals surface area contributed by atoms with Crippen LogP contribution in [0.25, 0.3) is 0 Å². The van der Waals surface area contributed by atoms with Gasteiger partial charge in [-0.1, -0.05) is 6.07 Å². The van der Waals surface area contributed by atoms with Gasteiger partial charge in [-0.3, -0.25) is 9.69 Å². The molecule has 1 aromatic heterocycles. The van der Waals surface area contributed by atoms with Crippen molar-refractivity contribution in [3.8, 4) is 5.75 Å². The number of hydrogen-bond donors (Lipinski definition) is 2. The van der Waals surface area contributed by atoms with Gasteiger partial charge in [0.15, 0.2) is 0 Å². The van der Waals surface area contributed by atoms with Crippen LogP contribution in [-0.2, 0) is 29.4 Å². The highest BCUT2D eigenvalue weighted by Crippen LogP contribution is 2.57. The number of piperidine rings is 1. The van der Waals surface area contributed by atoms with Crippen molar-refractivity contribution >= 4 is 5.97 Å². The Balaban J connectivity index is 1.53. The Morgan fingerprint density at radius 1 is 1.21 bits per heavy atom. The van der Waals surface area contributed by atoms with Gasteiger partial charge in [0.25, 0.3) is 5.56 Å². The highest BCUT2D eigenvalue weighted by Gasteiger charge is 2.64. The predicted octanol–water partition coefficient (Wildman–Crippen LogP) is 1.98. The summed E-state index contributed by atoms with van der Waals surface area (Å²) in [5, 5.41) is 12.6. The van der Waals surface area contributed by atoms with Crippen LogP contribution in [0.4, 0.5) is 0 Å². The van der Waals surface area contributed by atoms with E-state index in [0.29, 0.717) is 12.8 Å². The minimum Gasteiger partial charge on any atom is -0.497 e. The smallest absolute Gasteiger partial charge is 0.343 e. The second-order valence-electron chi connectivity index (χ2n) is 10.3. The Morgan fingerprint density at radius 2 is 2.03 bits per heavy atom. The lowest BCUT2D eigenvalue weighted by molar-refractivity contribution is -0.152. The molecule has 2 aromatic rings. The van der Waals surface area contributed by atoms with Crippen molar-refractivity contribution < 1.29 is 19.4 Å². The van der Waals surface area contributed by atoms with Gasteiger partial charge in [-0.05, 0) is 73.0 Å². The summed E-state index contributed by atoms with van der Waals surface area (Å²) >= 11 is 0. The summed E-state index contributed by atoms with van der Waals surface area (Å²) in [6, 6.07) is 7.85. The molecule has 3 aliphatic carbocycles. The lowest BCUT2D eigenvalue weighted by Gasteiger charge is -2.63. The highest BCUT2D eigenvalue weighted by atomic mass is 16.5. The standard InChI is InChI=1S/C26H30N2O5/c1-32-18-6-5-16-10-22-26(31)12-17-9-19(24(30)33-2)23(29)27-21(17)13-25(26,20(16)11-18)7-8-28(22)14-15-3-4-15/h5-6,9,11,15,22,31H,3-4,7-8,10,12-14H2,1-2H3,(H,27,29)/t22-,25-,26-/m1/s1. The predicted molar refractivity (Wildman–Crippen MR) is 122 cm³/mol. The summed E-state index contributed by atoms with van der Waals surface area (Å²) in [5.41, 5.74) is 2.07. The fraction of sp³-hybridized carbons (Fsp3) is 0.538. The third-order valence-corrected chi connectivity index (χ3v) is 8.64. The first-order valence-electron chi connectivity index (χ1n) is 11.9. The molecular formula is C26H30N2O5. The van der Waals surface area contributed by atoms with E-state index >= 15 is 0 Å². The van der Waals surface area contributed by atoms with Crippen LogP contribution in [0.15, 0.2) is 29.1 Å². The SMILES string of the molecule is COC(=O)c1cc2c([nH]c1=O)C[C@]13CCN(CC4CC4)[C@H](Cc4ccc(OC)cc41)[C@]3(O)C2. The van der Waals surface area contributed by atoms with Crippen LogP contribution in [0.1, 0.15) is 52.0 Å². The molecule has 2 bridgehead atoms. The van der Waals surface area contributed by atoms with Crippen LogP contribution in [0, 0.1) is 5.92 Å². The number of hydrogen-bond acceptors (Lipinski definition) is 6. The van der Waals surface area contributed by atoms with Crippen LogP contribution < -0.4 is 10.3 Å². The molecule has 2 N–H and O–H groups in total. The fourth-order valence-electron chi connectivity index (χ4n) is 6.76. The molecule has 1 aromatic carbocycles. The number of nitrogens with zero attached hydrogens (tertiary/aromatic N) is 1. The number of esters is 1. The maximum absolute atomic E-state index is 12.7. The molecule has 3 atom stereocenters. The quantitative estimate of drug-likeness (QED) is 0.693. The topological polar surface area (TPSA) is 91.9 Å². The molecule has 6 rings (SSSR count). The van der Waals surface area contributed by atoms with Crippen molar-refractivity contribution in [3.63, 3.8) is 0 Å². The number of aliphatic hydroxyl groups is 1. The molecule has 1 aliphatic heterocycles. The Kier molecular flexibility index (Phi) is 4.55. The van der Waals surface area contributed by atoms with Gasteiger partial charge >= 0.3 is 5.97 Å². The Bertz CT molecular complexity index is 1200. The van der Waals surface area contributed by atoms with E-state index in [4.69, 9.17) is 9.47 Å². The van der Waals surface area contributed by atoms with Gasteiger partial charge in [0.1, 0.15) is 11.3 Å². The van der Waals surface area contributed by atoms with Crippen molar-refractivity contribution in [1.82, 2.24) is 9.88 Å². The number of carbonyl (C=O) groups excluding carboxylic acids is 1. The Morgan fingerprint density at radius 3 is 2.76 bits per heavy atom. The second kappa shape index (κ2) is 7.18. The molecule has 2 heterocycles. The minimum absolute atomic E-state index is 0.00519. The number of methoxy groups -OCH3 is 2. The molecule has 2 fully saturated rings. The van der Waals surface area contributed by atoms with Gasteiger partial charge in [0, 0.05) is 36.5 Å². The average Bonchev–Trinajstić information content (AvgIpc) is 3.62. The van der Waals surface area contributed by atoms with Crippen molar-refractivity contribution in [2.45, 2.75) is 55.6 Å². The number of likely N-dealkylation sites (tertiary alicyclic amines) is 1. The number of H-pyrrole nitrogens is 1. The summed E-state index contributed by atoms with van der Waals surface area (Å²) in [4.78, 5) is 30.3. The van der Waals surface area contributed by atoms with Crippen molar-refractivity contribution in [2.75, 3.05) is 27.3 Å². The molecular weight excluding hydrogens is 420 g/mol. The van der Waals surface area contributed by atoms with E-state index in [-0.39, 0.29) is 11.6 Å². The second-order valence-corrected chi connectivity index (χ2v) is 10.3. The highest BCUT2D eigenvalue weighted by molar-refractivity contribution is 5.89. The van der Waals surface area contributed by atoms with Crippen molar-refractivity contribution in [1.29, 1.82) is 0 Å². The van der Waals surface area contributed by atoms with E-state index in [2.05, 4.69) is 22.0 Å². The first kappa shape index (κ1) is 20.9. The Hall–Kier alpha value is -2.64. The number of aromatic amines is 1. The molecule has 7 heteroatoms. The van der Waals surface area contributed by atoms with Gasteiger partial charge in [-0.15, -0.1) is 0 Å². The molecule has 7 nitrogen and oxygen atoms in total. The van der Waals surface area contributed by atoms with Crippen LogP contribution in [0.5, 0.6) is 5.75 Å². The zero-order valence-corrected chi connectivity index (χ0v) is 19.1. The van der Waals surface area contributed by atoms with E-state index < -0.39 is 22.5 Å². The van der Waals surface area contributed by atoms with Crippen LogP contribution in [0.2, 0.25) is 0 Å². The molecule has 4 aliphatic rings. The minimum atomic E-state index is -1.00. The molecule has 0 spiro atoms. The van der Waals surface area contributed by atoms with Crippen LogP contribution >= 0.6 is 0 Å². The molecule has 0 amide bonds. The van der Waals surface area contributed by atoms with Crippen molar-refractivity contribution in [2.24, 2.45) is 5.92 Å². The molecule has 0 radical (unpaired) electrons. The van der Waals surface area contributed by atoms with Gasteiger partial charge in [0.05, 0.1) is 19.8 Å². The van der Waals surface area contributed by atoms with Crippen LogP contribution in [0.3, 0.4) is 0 Å². The normalized spacial score (nSPS) is 30.1. The van der Waals surface area contributed by atoms with Gasteiger partial charge < -0.3 is 19.6 Å².